The van der Waals surface area contributed by atoms with Gasteiger partial charge >= 0.3 is 6.61 Å². The van der Waals surface area contributed by atoms with Crippen LogP contribution in [-0.4, -0.2) is 45.2 Å². The molecule has 5 nitrogen and oxygen atoms in total. The van der Waals surface area contributed by atoms with Crippen molar-refractivity contribution in [3.8, 4) is 5.75 Å². The zero-order valence-corrected chi connectivity index (χ0v) is 14.0. The molecule has 0 unspecified atom stereocenters. The van der Waals surface area contributed by atoms with Gasteiger partial charge < -0.3 is 10.1 Å². The normalized spacial score (nSPS) is 20.8. The zero-order chi connectivity index (χ0) is 17.0. The number of sulfonamides is 1. The molecule has 0 bridgehead atoms. The molecule has 0 aromatic heterocycles. The van der Waals surface area contributed by atoms with Gasteiger partial charge in [0.15, 0.2) is 0 Å². The smallest absolute Gasteiger partial charge is 0.387 e. The second-order valence-electron chi connectivity index (χ2n) is 5.86. The number of ether oxygens (including phenoxy) is 1. The van der Waals surface area contributed by atoms with E-state index in [1.54, 1.807) is 12.1 Å². The van der Waals surface area contributed by atoms with Crippen molar-refractivity contribution in [2.75, 3.05) is 25.9 Å². The van der Waals surface area contributed by atoms with Crippen LogP contribution in [0.2, 0.25) is 0 Å². The van der Waals surface area contributed by atoms with Gasteiger partial charge in [-0.25, -0.2) is 12.7 Å². The van der Waals surface area contributed by atoms with Crippen LogP contribution in [0, 0.1) is 5.92 Å². The number of hydrogen-bond donors (Lipinski definition) is 1. The average Bonchev–Trinajstić information content (AvgIpc) is 2.93. The Hall–Kier alpha value is -1.25. The molecular formula is C15H22F2N2O3S. The lowest BCUT2D eigenvalue weighted by atomic mass is 10.1. The summed E-state index contributed by atoms with van der Waals surface area (Å²) in [5, 5.41) is 3.33. The van der Waals surface area contributed by atoms with Gasteiger partial charge in [0, 0.05) is 19.1 Å². The Labute approximate surface area is 135 Å². The number of hydrogen-bond acceptors (Lipinski definition) is 4. The molecule has 1 fully saturated rings. The third kappa shape index (κ3) is 5.40. The van der Waals surface area contributed by atoms with Gasteiger partial charge in [-0.15, -0.1) is 0 Å². The highest BCUT2D eigenvalue weighted by Gasteiger charge is 2.28. The minimum Gasteiger partial charge on any atom is -0.435 e. The van der Waals surface area contributed by atoms with Crippen molar-refractivity contribution in [2.45, 2.75) is 26.0 Å². The number of benzene rings is 1. The minimum absolute atomic E-state index is 0.0384. The first-order chi connectivity index (χ1) is 10.8. The van der Waals surface area contributed by atoms with Gasteiger partial charge in [0.1, 0.15) is 5.75 Å². The summed E-state index contributed by atoms with van der Waals surface area (Å²) < 4.78 is 53.4. The van der Waals surface area contributed by atoms with E-state index in [0.717, 1.165) is 12.0 Å². The number of alkyl halides is 2. The van der Waals surface area contributed by atoms with Gasteiger partial charge in [0.05, 0.1) is 6.26 Å². The lowest BCUT2D eigenvalue weighted by molar-refractivity contribution is -0.0499. The van der Waals surface area contributed by atoms with Crippen LogP contribution in [0.15, 0.2) is 24.3 Å². The predicted molar refractivity (Wildman–Crippen MR) is 84.0 cm³/mol. The maximum atomic E-state index is 12.2. The summed E-state index contributed by atoms with van der Waals surface area (Å²) in [4.78, 5) is 0. The van der Waals surface area contributed by atoms with Crippen molar-refractivity contribution in [1.82, 2.24) is 9.62 Å². The van der Waals surface area contributed by atoms with Crippen LogP contribution in [-0.2, 0) is 10.0 Å². The predicted octanol–water partition coefficient (Wildman–Crippen LogP) is 2.22. The summed E-state index contributed by atoms with van der Waals surface area (Å²) in [6, 6.07) is 6.55. The minimum atomic E-state index is -3.13. The molecule has 2 rings (SSSR count). The molecule has 0 amide bonds. The zero-order valence-electron chi connectivity index (χ0n) is 13.2. The molecule has 23 heavy (non-hydrogen) atoms. The molecule has 2 atom stereocenters. The monoisotopic (exact) mass is 348 g/mol. The third-order valence-electron chi connectivity index (χ3n) is 4.01. The fourth-order valence-corrected chi connectivity index (χ4v) is 3.60. The van der Waals surface area contributed by atoms with Crippen LogP contribution in [0.25, 0.3) is 0 Å². The van der Waals surface area contributed by atoms with E-state index < -0.39 is 16.6 Å². The maximum Gasteiger partial charge on any atom is 0.387 e. The molecule has 1 aliphatic rings. The molecule has 1 heterocycles. The lowest BCUT2D eigenvalue weighted by Gasteiger charge is -2.18. The summed E-state index contributed by atoms with van der Waals surface area (Å²) in [5.41, 5.74) is 0.848. The van der Waals surface area contributed by atoms with Crippen molar-refractivity contribution < 1.29 is 21.9 Å². The first-order valence-electron chi connectivity index (χ1n) is 7.49. The molecule has 1 N–H and O–H groups in total. The number of rotatable bonds is 7. The number of halogens is 2. The van der Waals surface area contributed by atoms with Crippen LogP contribution in [0.3, 0.4) is 0 Å². The summed E-state index contributed by atoms with van der Waals surface area (Å²) in [6.45, 7) is 0.844. The largest absolute Gasteiger partial charge is 0.435 e. The summed E-state index contributed by atoms with van der Waals surface area (Å²) in [5.74, 6) is 0.392. The lowest BCUT2D eigenvalue weighted by Crippen LogP contribution is -2.31. The van der Waals surface area contributed by atoms with Crippen molar-refractivity contribution in [3.63, 3.8) is 0 Å². The average molecular weight is 348 g/mol. The van der Waals surface area contributed by atoms with Gasteiger partial charge in [0.25, 0.3) is 0 Å². The van der Waals surface area contributed by atoms with Crippen molar-refractivity contribution >= 4 is 10.0 Å². The molecule has 1 saturated heterocycles. The van der Waals surface area contributed by atoms with Crippen LogP contribution in [0.4, 0.5) is 8.78 Å². The molecular weight excluding hydrogens is 326 g/mol. The highest BCUT2D eigenvalue weighted by molar-refractivity contribution is 7.88. The van der Waals surface area contributed by atoms with E-state index in [1.807, 2.05) is 13.0 Å². The quantitative estimate of drug-likeness (QED) is 0.821. The Morgan fingerprint density at radius 2 is 2.17 bits per heavy atom. The molecule has 130 valence electrons. The summed E-state index contributed by atoms with van der Waals surface area (Å²) in [7, 11) is -3.13. The number of nitrogens with one attached hydrogen (secondary N) is 1. The Morgan fingerprint density at radius 1 is 1.43 bits per heavy atom. The SMILES string of the molecule is C[C@H](NC[C@H]1CCN(S(C)(=O)=O)C1)c1cccc(OC(F)F)c1. The topological polar surface area (TPSA) is 58.6 Å². The van der Waals surface area contributed by atoms with Crippen LogP contribution in [0.1, 0.15) is 24.9 Å². The highest BCUT2D eigenvalue weighted by Crippen LogP contribution is 2.22. The first kappa shape index (κ1) is 18.1. The fraction of sp³-hybridized carbons (Fsp3) is 0.600. The maximum absolute atomic E-state index is 12.2. The van der Waals surface area contributed by atoms with E-state index in [-0.39, 0.29) is 17.7 Å². The fourth-order valence-electron chi connectivity index (χ4n) is 2.69. The van der Waals surface area contributed by atoms with Crippen molar-refractivity contribution in [2.24, 2.45) is 5.92 Å². The van der Waals surface area contributed by atoms with Crippen LogP contribution >= 0.6 is 0 Å². The molecule has 1 aliphatic heterocycles. The molecule has 0 spiro atoms. The van der Waals surface area contributed by atoms with E-state index in [2.05, 4.69) is 10.1 Å². The third-order valence-corrected chi connectivity index (χ3v) is 5.28. The molecule has 1 aromatic rings. The first-order valence-corrected chi connectivity index (χ1v) is 9.34. The molecule has 1 aromatic carbocycles. The van der Waals surface area contributed by atoms with Gasteiger partial charge in [0.2, 0.25) is 10.0 Å². The Balaban J connectivity index is 1.87. The standard InChI is InChI=1S/C15H22F2N2O3S/c1-11(13-4-3-5-14(8-13)22-15(16)17)18-9-12-6-7-19(10-12)23(2,20)21/h3-5,8,11-12,15,18H,6-7,9-10H2,1-2H3/t11-,12+/m0/s1. The molecule has 0 aliphatic carbocycles. The second kappa shape index (κ2) is 7.55. The van der Waals surface area contributed by atoms with Crippen LogP contribution in [0.5, 0.6) is 5.75 Å². The highest BCUT2D eigenvalue weighted by atomic mass is 32.2. The summed E-state index contributed by atoms with van der Waals surface area (Å²) in [6.07, 6.45) is 2.04. The Kier molecular flexibility index (Phi) is 5.94. The van der Waals surface area contributed by atoms with E-state index in [9.17, 15) is 17.2 Å². The second-order valence-corrected chi connectivity index (χ2v) is 7.84. The van der Waals surface area contributed by atoms with E-state index in [1.165, 1.54) is 16.6 Å². The van der Waals surface area contributed by atoms with Gasteiger partial charge in [-0.2, -0.15) is 8.78 Å². The van der Waals surface area contributed by atoms with Gasteiger partial charge in [-0.05, 0) is 43.5 Å². The van der Waals surface area contributed by atoms with Crippen LogP contribution < -0.4 is 10.1 Å². The van der Waals surface area contributed by atoms with Gasteiger partial charge in [-0.1, -0.05) is 12.1 Å². The Bertz CT molecular complexity index is 625. The molecule has 0 radical (unpaired) electrons. The van der Waals surface area contributed by atoms with Gasteiger partial charge in [-0.3, -0.25) is 0 Å². The Morgan fingerprint density at radius 3 is 2.78 bits per heavy atom. The molecule has 8 heteroatoms. The number of nitrogens with zero attached hydrogens (tertiary/aromatic N) is 1. The summed E-state index contributed by atoms with van der Waals surface area (Å²) >= 11 is 0. The van der Waals surface area contributed by atoms with E-state index in [0.29, 0.717) is 19.6 Å². The van der Waals surface area contributed by atoms with E-state index >= 15 is 0 Å². The van der Waals surface area contributed by atoms with Crippen molar-refractivity contribution in [1.29, 1.82) is 0 Å². The van der Waals surface area contributed by atoms with E-state index in [4.69, 9.17) is 0 Å². The van der Waals surface area contributed by atoms with Crippen molar-refractivity contribution in [3.05, 3.63) is 29.8 Å². The molecule has 0 saturated carbocycles.